The van der Waals surface area contributed by atoms with E-state index >= 15 is 0 Å². The number of ether oxygens (including phenoxy) is 1. The third-order valence-corrected chi connectivity index (χ3v) is 6.23. The van der Waals surface area contributed by atoms with Gasteiger partial charge in [0.25, 0.3) is 5.91 Å². The Kier molecular flexibility index (Phi) is 5.40. The first-order chi connectivity index (χ1) is 16.0. The summed E-state index contributed by atoms with van der Waals surface area (Å²) in [5, 5.41) is 5.80. The number of nitrogens with one attached hydrogen (secondary N) is 1. The first-order valence-electron chi connectivity index (χ1n) is 10.5. The van der Waals surface area contributed by atoms with Crippen LogP contribution in [-0.2, 0) is 0 Å². The molecule has 3 aromatic carbocycles. The molecule has 33 heavy (non-hydrogen) atoms. The van der Waals surface area contributed by atoms with Gasteiger partial charge in [0, 0.05) is 15.8 Å². The Bertz CT molecular complexity index is 1550. The van der Waals surface area contributed by atoms with E-state index in [2.05, 4.69) is 10.3 Å². The Labute approximate surface area is 193 Å². The second kappa shape index (κ2) is 8.52. The molecule has 1 amide bonds. The SMILES string of the molecule is CCOc1ccc(-c2nc(NC(=O)c3cc4c(ccc5ccccc54)oc3=O)sc2C)cc1. The fourth-order valence-electron chi connectivity index (χ4n) is 3.79. The molecule has 7 heteroatoms. The normalized spacial score (nSPS) is 11.1. The molecule has 0 unspecified atom stereocenters. The number of hydrogen-bond donors (Lipinski definition) is 1. The highest BCUT2D eigenvalue weighted by Gasteiger charge is 2.18. The molecule has 6 nitrogen and oxygen atoms in total. The van der Waals surface area contributed by atoms with E-state index in [1.165, 1.54) is 11.3 Å². The molecule has 0 radical (unpaired) electrons. The number of anilines is 1. The molecule has 0 spiro atoms. The third-order valence-electron chi connectivity index (χ3n) is 5.34. The van der Waals surface area contributed by atoms with Crippen LogP contribution in [0.3, 0.4) is 0 Å². The van der Waals surface area contributed by atoms with Crippen LogP contribution in [0.2, 0.25) is 0 Å². The number of nitrogens with zero attached hydrogens (tertiary/aromatic N) is 1. The second-order valence-electron chi connectivity index (χ2n) is 7.48. The van der Waals surface area contributed by atoms with Crippen molar-refractivity contribution >= 4 is 44.1 Å². The van der Waals surface area contributed by atoms with Gasteiger partial charge in [-0.1, -0.05) is 30.3 Å². The standard InChI is InChI=1S/C26H20N2O4S/c1-3-31-18-11-8-17(9-12-18)23-15(2)33-26(27-23)28-24(29)21-14-20-19-7-5-4-6-16(19)10-13-22(20)32-25(21)30/h4-14H,3H2,1-2H3,(H,27,28,29). The molecule has 164 valence electrons. The minimum absolute atomic E-state index is 0.0608. The average molecular weight is 457 g/mol. The van der Waals surface area contributed by atoms with Crippen LogP contribution in [0.25, 0.3) is 33.0 Å². The van der Waals surface area contributed by atoms with E-state index in [1.807, 2.05) is 68.4 Å². The van der Waals surface area contributed by atoms with Crippen molar-refractivity contribution in [1.82, 2.24) is 4.98 Å². The molecule has 5 aromatic rings. The molecular formula is C26H20N2O4S. The van der Waals surface area contributed by atoms with Gasteiger partial charge in [-0.05, 0) is 61.0 Å². The Morgan fingerprint density at radius 3 is 2.64 bits per heavy atom. The van der Waals surface area contributed by atoms with Crippen LogP contribution in [0.4, 0.5) is 5.13 Å². The molecule has 2 aromatic heterocycles. The number of rotatable bonds is 5. The van der Waals surface area contributed by atoms with Crippen molar-refractivity contribution in [2.45, 2.75) is 13.8 Å². The Morgan fingerprint density at radius 2 is 1.85 bits per heavy atom. The molecule has 0 aliphatic heterocycles. The fourth-order valence-corrected chi connectivity index (χ4v) is 4.62. The van der Waals surface area contributed by atoms with Gasteiger partial charge in [-0.2, -0.15) is 0 Å². The van der Waals surface area contributed by atoms with E-state index in [0.717, 1.165) is 32.7 Å². The van der Waals surface area contributed by atoms with Crippen LogP contribution in [0.1, 0.15) is 22.2 Å². The van der Waals surface area contributed by atoms with Crippen molar-refractivity contribution in [2.24, 2.45) is 0 Å². The number of benzene rings is 3. The number of fused-ring (bicyclic) bond motifs is 3. The lowest BCUT2D eigenvalue weighted by Crippen LogP contribution is -2.20. The summed E-state index contributed by atoms with van der Waals surface area (Å²) >= 11 is 1.35. The van der Waals surface area contributed by atoms with Crippen molar-refractivity contribution in [2.75, 3.05) is 11.9 Å². The summed E-state index contributed by atoms with van der Waals surface area (Å²) in [6.07, 6.45) is 0. The van der Waals surface area contributed by atoms with Crippen LogP contribution >= 0.6 is 11.3 Å². The van der Waals surface area contributed by atoms with E-state index in [9.17, 15) is 9.59 Å². The Hall–Kier alpha value is -3.97. The summed E-state index contributed by atoms with van der Waals surface area (Å²) in [6.45, 7) is 4.48. The quantitative estimate of drug-likeness (QED) is 0.258. The molecule has 0 aliphatic carbocycles. The number of amides is 1. The van der Waals surface area contributed by atoms with Crippen LogP contribution in [0, 0.1) is 6.92 Å². The maximum atomic E-state index is 13.0. The van der Waals surface area contributed by atoms with Gasteiger partial charge < -0.3 is 9.15 Å². The summed E-state index contributed by atoms with van der Waals surface area (Å²) in [4.78, 5) is 31.0. The smallest absolute Gasteiger partial charge is 0.349 e. The molecule has 0 bridgehead atoms. The minimum atomic E-state index is -0.685. The highest BCUT2D eigenvalue weighted by molar-refractivity contribution is 7.16. The highest BCUT2D eigenvalue weighted by Crippen LogP contribution is 2.32. The molecule has 0 aliphatic rings. The average Bonchev–Trinajstić information content (AvgIpc) is 3.18. The summed E-state index contributed by atoms with van der Waals surface area (Å²) in [5.74, 6) is 0.240. The van der Waals surface area contributed by atoms with Gasteiger partial charge in [-0.3, -0.25) is 10.1 Å². The monoisotopic (exact) mass is 456 g/mol. The first kappa shape index (κ1) is 20.9. The summed E-state index contributed by atoms with van der Waals surface area (Å²) in [5.41, 5.74) is 1.39. The third kappa shape index (κ3) is 3.99. The van der Waals surface area contributed by atoms with Crippen molar-refractivity contribution in [3.8, 4) is 17.0 Å². The number of thiazole rings is 1. The topological polar surface area (TPSA) is 81.4 Å². The predicted molar refractivity (Wildman–Crippen MR) is 131 cm³/mol. The molecule has 5 rings (SSSR count). The Morgan fingerprint density at radius 1 is 1.06 bits per heavy atom. The van der Waals surface area contributed by atoms with Crippen molar-refractivity contribution in [1.29, 1.82) is 0 Å². The second-order valence-corrected chi connectivity index (χ2v) is 8.68. The van der Waals surface area contributed by atoms with Crippen LogP contribution in [0.5, 0.6) is 5.75 Å². The van der Waals surface area contributed by atoms with Gasteiger partial charge in [0.1, 0.15) is 16.9 Å². The van der Waals surface area contributed by atoms with Gasteiger partial charge in [-0.25, -0.2) is 9.78 Å². The van der Waals surface area contributed by atoms with E-state index in [0.29, 0.717) is 22.7 Å². The zero-order valence-corrected chi connectivity index (χ0v) is 18.9. The van der Waals surface area contributed by atoms with Crippen LogP contribution in [-0.4, -0.2) is 17.5 Å². The van der Waals surface area contributed by atoms with Crippen LogP contribution < -0.4 is 15.7 Å². The Balaban J connectivity index is 1.46. The number of carbonyl (C=O) groups excluding carboxylic acids is 1. The highest BCUT2D eigenvalue weighted by atomic mass is 32.1. The molecular weight excluding hydrogens is 436 g/mol. The lowest BCUT2D eigenvalue weighted by molar-refractivity contribution is 0.102. The molecule has 0 saturated heterocycles. The number of hydrogen-bond acceptors (Lipinski definition) is 6. The lowest BCUT2D eigenvalue weighted by Gasteiger charge is -2.05. The zero-order valence-electron chi connectivity index (χ0n) is 18.0. The predicted octanol–water partition coefficient (Wildman–Crippen LogP) is 6.03. The first-order valence-corrected chi connectivity index (χ1v) is 11.3. The van der Waals surface area contributed by atoms with Gasteiger partial charge >= 0.3 is 5.63 Å². The van der Waals surface area contributed by atoms with E-state index in [1.54, 1.807) is 12.1 Å². The molecule has 1 N–H and O–H groups in total. The van der Waals surface area contributed by atoms with Crippen molar-refractivity contribution in [3.05, 3.63) is 87.6 Å². The summed E-state index contributed by atoms with van der Waals surface area (Å²) < 4.78 is 10.9. The molecule has 2 heterocycles. The van der Waals surface area contributed by atoms with Crippen molar-refractivity contribution in [3.63, 3.8) is 0 Å². The number of carbonyl (C=O) groups is 1. The van der Waals surface area contributed by atoms with E-state index in [-0.39, 0.29) is 5.56 Å². The van der Waals surface area contributed by atoms with Gasteiger partial charge in [0.15, 0.2) is 5.13 Å². The number of aryl methyl sites for hydroxylation is 1. The molecule has 0 atom stereocenters. The minimum Gasteiger partial charge on any atom is -0.494 e. The molecule has 0 fully saturated rings. The maximum absolute atomic E-state index is 13.0. The van der Waals surface area contributed by atoms with E-state index in [4.69, 9.17) is 9.15 Å². The van der Waals surface area contributed by atoms with Crippen LogP contribution in [0.15, 0.2) is 75.9 Å². The maximum Gasteiger partial charge on any atom is 0.349 e. The largest absolute Gasteiger partial charge is 0.494 e. The van der Waals surface area contributed by atoms with Gasteiger partial charge in [0.05, 0.1) is 12.3 Å². The number of aromatic nitrogens is 1. The summed E-state index contributed by atoms with van der Waals surface area (Å²) in [7, 11) is 0. The summed E-state index contributed by atoms with van der Waals surface area (Å²) in [6, 6.07) is 20.6. The van der Waals surface area contributed by atoms with Gasteiger partial charge in [-0.15, -0.1) is 11.3 Å². The molecule has 0 saturated carbocycles. The lowest BCUT2D eigenvalue weighted by atomic mass is 10.0. The zero-order chi connectivity index (χ0) is 22.9. The van der Waals surface area contributed by atoms with Gasteiger partial charge in [0.2, 0.25) is 0 Å². The fraction of sp³-hybridized carbons (Fsp3) is 0.115. The van der Waals surface area contributed by atoms with Crippen molar-refractivity contribution < 1.29 is 13.9 Å². The van der Waals surface area contributed by atoms with E-state index < -0.39 is 11.5 Å².